The number of methoxy groups -OCH3 is 1. The maximum absolute atomic E-state index is 13.9. The van der Waals surface area contributed by atoms with E-state index in [1.807, 2.05) is 0 Å². The SMILES string of the molecule is C=Cc1c(N)nc(-c2ccc(C(F)C(F)F)c(F)c2)nc1C(=O)OC. The molecule has 2 aromatic rings. The van der Waals surface area contributed by atoms with E-state index in [-0.39, 0.29) is 28.5 Å². The molecule has 0 aliphatic rings. The summed E-state index contributed by atoms with van der Waals surface area (Å²) in [5.41, 5.74) is 4.91. The predicted octanol–water partition coefficient (Wildman–Crippen LogP) is 3.57. The van der Waals surface area contributed by atoms with E-state index >= 15 is 0 Å². The number of nitrogens with zero attached hydrogens (tertiary/aromatic N) is 2. The molecule has 0 aliphatic heterocycles. The van der Waals surface area contributed by atoms with Gasteiger partial charge in [-0.2, -0.15) is 0 Å². The fraction of sp³-hybridized carbons (Fsp3) is 0.188. The van der Waals surface area contributed by atoms with Crippen LogP contribution in [0.5, 0.6) is 0 Å². The summed E-state index contributed by atoms with van der Waals surface area (Å²) >= 11 is 0. The van der Waals surface area contributed by atoms with Gasteiger partial charge in [0.1, 0.15) is 11.6 Å². The van der Waals surface area contributed by atoms with Gasteiger partial charge in [0.25, 0.3) is 6.43 Å². The van der Waals surface area contributed by atoms with Gasteiger partial charge in [-0.1, -0.05) is 24.8 Å². The number of aromatic nitrogens is 2. The first kappa shape index (κ1) is 18.4. The van der Waals surface area contributed by atoms with Crippen LogP contribution in [0.3, 0.4) is 0 Å². The number of hydrogen-bond donors (Lipinski definition) is 1. The Morgan fingerprint density at radius 1 is 1.32 bits per heavy atom. The van der Waals surface area contributed by atoms with Gasteiger partial charge in [-0.05, 0) is 6.07 Å². The molecule has 0 aliphatic carbocycles. The number of anilines is 1. The van der Waals surface area contributed by atoms with Crippen molar-refractivity contribution in [1.82, 2.24) is 9.97 Å². The molecule has 1 heterocycles. The Morgan fingerprint density at radius 2 is 2.00 bits per heavy atom. The summed E-state index contributed by atoms with van der Waals surface area (Å²) in [7, 11) is 1.13. The van der Waals surface area contributed by atoms with Gasteiger partial charge in [0.15, 0.2) is 17.7 Å². The molecule has 0 saturated carbocycles. The van der Waals surface area contributed by atoms with E-state index in [0.29, 0.717) is 0 Å². The molecule has 1 unspecified atom stereocenters. The summed E-state index contributed by atoms with van der Waals surface area (Å²) in [5, 5.41) is 0. The first-order chi connectivity index (χ1) is 11.8. The molecule has 1 aromatic heterocycles. The maximum atomic E-state index is 13.9. The number of hydrogen-bond acceptors (Lipinski definition) is 5. The van der Waals surface area contributed by atoms with Crippen molar-refractivity contribution in [2.75, 3.05) is 12.8 Å². The Balaban J connectivity index is 2.55. The molecule has 1 atom stereocenters. The average molecular weight is 355 g/mol. The summed E-state index contributed by atoms with van der Waals surface area (Å²) in [4.78, 5) is 19.7. The quantitative estimate of drug-likeness (QED) is 0.655. The van der Waals surface area contributed by atoms with Crippen LogP contribution in [0.4, 0.5) is 23.4 Å². The molecule has 0 bridgehead atoms. The van der Waals surface area contributed by atoms with Crippen molar-refractivity contribution in [2.24, 2.45) is 0 Å². The van der Waals surface area contributed by atoms with Gasteiger partial charge in [0.05, 0.1) is 7.11 Å². The number of nitrogen functional groups attached to an aromatic ring is 1. The third-order valence-corrected chi connectivity index (χ3v) is 3.33. The summed E-state index contributed by atoms with van der Waals surface area (Å²) in [6, 6.07) is 2.80. The Kier molecular flexibility index (Phi) is 5.35. The van der Waals surface area contributed by atoms with Crippen molar-refractivity contribution in [3.8, 4) is 11.4 Å². The van der Waals surface area contributed by atoms with Gasteiger partial charge in [0, 0.05) is 16.7 Å². The molecule has 0 radical (unpaired) electrons. The van der Waals surface area contributed by atoms with E-state index in [2.05, 4.69) is 21.3 Å². The minimum absolute atomic E-state index is 0.0233. The maximum Gasteiger partial charge on any atom is 0.357 e. The fourth-order valence-electron chi connectivity index (χ4n) is 2.09. The number of rotatable bonds is 5. The van der Waals surface area contributed by atoms with Crippen molar-refractivity contribution in [3.63, 3.8) is 0 Å². The van der Waals surface area contributed by atoms with Crippen molar-refractivity contribution in [2.45, 2.75) is 12.6 Å². The highest BCUT2D eigenvalue weighted by Gasteiger charge is 2.25. The van der Waals surface area contributed by atoms with Gasteiger partial charge in [-0.15, -0.1) is 0 Å². The molecule has 1 aromatic carbocycles. The molecule has 25 heavy (non-hydrogen) atoms. The zero-order chi connectivity index (χ0) is 18.7. The minimum atomic E-state index is -3.36. The summed E-state index contributed by atoms with van der Waals surface area (Å²) < 4.78 is 56.6. The van der Waals surface area contributed by atoms with Crippen molar-refractivity contribution in [3.05, 3.63) is 47.4 Å². The van der Waals surface area contributed by atoms with Crippen LogP contribution in [0.2, 0.25) is 0 Å². The minimum Gasteiger partial charge on any atom is -0.464 e. The monoisotopic (exact) mass is 355 g/mol. The summed E-state index contributed by atoms with van der Waals surface area (Å²) in [6.45, 7) is 3.49. The van der Waals surface area contributed by atoms with E-state index in [9.17, 15) is 22.4 Å². The van der Waals surface area contributed by atoms with E-state index in [0.717, 1.165) is 25.3 Å². The lowest BCUT2D eigenvalue weighted by Crippen LogP contribution is -2.12. The first-order valence-electron chi connectivity index (χ1n) is 6.90. The highest BCUT2D eigenvalue weighted by Crippen LogP contribution is 2.30. The van der Waals surface area contributed by atoms with Crippen LogP contribution in [-0.4, -0.2) is 29.5 Å². The van der Waals surface area contributed by atoms with Crippen LogP contribution in [0.25, 0.3) is 17.5 Å². The third kappa shape index (κ3) is 3.59. The molecule has 0 amide bonds. The highest BCUT2D eigenvalue weighted by atomic mass is 19.3. The third-order valence-electron chi connectivity index (χ3n) is 3.33. The van der Waals surface area contributed by atoms with E-state index < -0.39 is 29.9 Å². The number of esters is 1. The average Bonchev–Trinajstić information content (AvgIpc) is 2.59. The zero-order valence-electron chi connectivity index (χ0n) is 13.0. The normalized spacial score (nSPS) is 12.1. The van der Waals surface area contributed by atoms with Crippen LogP contribution in [-0.2, 0) is 4.74 Å². The van der Waals surface area contributed by atoms with Crippen LogP contribution in [0.15, 0.2) is 24.8 Å². The lowest BCUT2D eigenvalue weighted by molar-refractivity contribution is 0.0476. The second-order valence-electron chi connectivity index (χ2n) is 4.86. The van der Waals surface area contributed by atoms with Gasteiger partial charge in [-0.25, -0.2) is 32.3 Å². The smallest absolute Gasteiger partial charge is 0.357 e. The van der Waals surface area contributed by atoms with Crippen molar-refractivity contribution >= 4 is 17.9 Å². The number of carbonyl (C=O) groups is 1. The largest absolute Gasteiger partial charge is 0.464 e. The van der Waals surface area contributed by atoms with Gasteiger partial charge in [0.2, 0.25) is 0 Å². The molecule has 132 valence electrons. The lowest BCUT2D eigenvalue weighted by atomic mass is 10.1. The second-order valence-corrected chi connectivity index (χ2v) is 4.86. The molecule has 9 heteroatoms. The summed E-state index contributed by atoms with van der Waals surface area (Å²) in [5.74, 6) is -2.27. The van der Waals surface area contributed by atoms with Crippen LogP contribution >= 0.6 is 0 Å². The zero-order valence-corrected chi connectivity index (χ0v) is 13.0. The number of ether oxygens (including phenoxy) is 1. The summed E-state index contributed by atoms with van der Waals surface area (Å²) in [6.07, 6.45) is -4.86. The van der Waals surface area contributed by atoms with Crippen LogP contribution in [0, 0.1) is 5.82 Å². The number of carbonyl (C=O) groups excluding carboxylic acids is 1. The standard InChI is InChI=1S/C16H13F4N3O2/c1-3-8-12(16(24)25-2)22-15(23-14(8)21)7-4-5-9(10(17)6-7)11(18)13(19)20/h3-6,11,13H,1H2,2H3,(H2,21,22,23). The lowest BCUT2D eigenvalue weighted by Gasteiger charge is -2.11. The number of benzene rings is 1. The molecule has 2 rings (SSSR count). The molecule has 0 spiro atoms. The fourth-order valence-corrected chi connectivity index (χ4v) is 2.09. The van der Waals surface area contributed by atoms with Crippen LogP contribution in [0.1, 0.15) is 27.8 Å². The first-order valence-corrected chi connectivity index (χ1v) is 6.90. The highest BCUT2D eigenvalue weighted by molar-refractivity contribution is 5.93. The van der Waals surface area contributed by atoms with E-state index in [1.54, 1.807) is 0 Å². The molecule has 0 fully saturated rings. The van der Waals surface area contributed by atoms with E-state index in [4.69, 9.17) is 5.73 Å². The Labute approximate surface area is 140 Å². The molecule has 5 nitrogen and oxygen atoms in total. The topological polar surface area (TPSA) is 78.1 Å². The molecule has 0 saturated heterocycles. The molecule has 2 N–H and O–H groups in total. The Bertz CT molecular complexity index is 827. The molecular formula is C16H13F4N3O2. The molecular weight excluding hydrogens is 342 g/mol. The Morgan fingerprint density at radius 3 is 2.52 bits per heavy atom. The number of alkyl halides is 3. The van der Waals surface area contributed by atoms with Crippen LogP contribution < -0.4 is 5.73 Å². The number of nitrogens with two attached hydrogens (primary N) is 1. The van der Waals surface area contributed by atoms with Gasteiger partial charge in [-0.3, -0.25) is 0 Å². The Hall–Kier alpha value is -2.97. The van der Waals surface area contributed by atoms with E-state index in [1.165, 1.54) is 6.08 Å². The van der Waals surface area contributed by atoms with Gasteiger partial charge >= 0.3 is 5.97 Å². The van der Waals surface area contributed by atoms with Gasteiger partial charge < -0.3 is 10.5 Å². The van der Waals surface area contributed by atoms with Crippen molar-refractivity contribution < 1.29 is 27.1 Å². The predicted molar refractivity (Wildman–Crippen MR) is 83.1 cm³/mol. The second kappa shape index (κ2) is 7.29. The number of halogens is 4. The van der Waals surface area contributed by atoms with Crippen molar-refractivity contribution in [1.29, 1.82) is 0 Å².